The van der Waals surface area contributed by atoms with Crippen LogP contribution in [0.4, 0.5) is 4.79 Å². The lowest BCUT2D eigenvalue weighted by Gasteiger charge is -2.18. The number of amides is 4. The van der Waals surface area contributed by atoms with Crippen molar-refractivity contribution in [2.45, 2.75) is 33.4 Å². The number of hydrogen-bond acceptors (Lipinski definition) is 5. The summed E-state index contributed by atoms with van der Waals surface area (Å²) < 4.78 is 7.18. The molecule has 8 heteroatoms. The van der Waals surface area contributed by atoms with Crippen molar-refractivity contribution in [1.82, 2.24) is 14.4 Å². The van der Waals surface area contributed by atoms with Gasteiger partial charge < -0.3 is 9.30 Å². The Bertz CT molecular complexity index is 996. The van der Waals surface area contributed by atoms with E-state index in [1.54, 1.807) is 37.4 Å². The van der Waals surface area contributed by atoms with Gasteiger partial charge in [-0.2, -0.15) is 0 Å². The molecule has 2 heterocycles. The highest BCUT2D eigenvalue weighted by molar-refractivity contribution is 6.45. The molecule has 158 valence electrons. The zero-order chi connectivity index (χ0) is 22.0. The molecular weight excluding hydrogens is 386 g/mol. The molecule has 1 saturated heterocycles. The first-order chi connectivity index (χ1) is 14.3. The van der Waals surface area contributed by atoms with Gasteiger partial charge in [0.15, 0.2) is 5.78 Å². The van der Waals surface area contributed by atoms with E-state index in [1.807, 2.05) is 31.4 Å². The van der Waals surface area contributed by atoms with Crippen molar-refractivity contribution in [3.8, 4) is 0 Å². The second kappa shape index (κ2) is 8.62. The number of nitrogens with zero attached hydrogens (tertiary/aromatic N) is 3. The van der Waals surface area contributed by atoms with Gasteiger partial charge in [0.05, 0.1) is 25.7 Å². The molecular formula is C22H25N3O5. The molecule has 0 N–H and O–H groups in total. The smallest absolute Gasteiger partial charge is 0.334 e. The highest BCUT2D eigenvalue weighted by atomic mass is 16.5. The number of carbonyl (C=O) groups excluding carboxylic acids is 4. The first-order valence-corrected chi connectivity index (χ1v) is 9.68. The normalized spacial score (nSPS) is 15.3. The van der Waals surface area contributed by atoms with Crippen LogP contribution in [-0.2, 0) is 20.9 Å². The topological polar surface area (TPSA) is 88.9 Å². The largest absolute Gasteiger partial charge is 0.383 e. The third kappa shape index (κ3) is 3.91. The Morgan fingerprint density at radius 2 is 1.67 bits per heavy atom. The summed E-state index contributed by atoms with van der Waals surface area (Å²) in [6.45, 7) is 5.66. The number of ether oxygens (including phenoxy) is 1. The molecule has 0 saturated carbocycles. The number of benzene rings is 1. The Morgan fingerprint density at radius 3 is 2.30 bits per heavy atom. The van der Waals surface area contributed by atoms with E-state index in [2.05, 4.69) is 0 Å². The Balaban J connectivity index is 1.78. The van der Waals surface area contributed by atoms with Gasteiger partial charge in [-0.15, -0.1) is 0 Å². The van der Waals surface area contributed by atoms with E-state index in [0.717, 1.165) is 26.8 Å². The van der Waals surface area contributed by atoms with Gasteiger partial charge in [-0.25, -0.2) is 9.69 Å². The second-order valence-corrected chi connectivity index (χ2v) is 7.43. The molecule has 8 nitrogen and oxygen atoms in total. The number of urea groups is 1. The van der Waals surface area contributed by atoms with Crippen molar-refractivity contribution in [3.63, 3.8) is 0 Å². The molecule has 4 amide bonds. The maximum absolute atomic E-state index is 12.9. The summed E-state index contributed by atoms with van der Waals surface area (Å²) in [4.78, 5) is 51.9. The monoisotopic (exact) mass is 411 g/mol. The minimum Gasteiger partial charge on any atom is -0.383 e. The SMILES string of the molecule is COC[C@H](C)n1c(C)cc(C(=O)CN2C(=O)C(=O)N(Cc3ccccc3)C2=O)c1C. The van der Waals surface area contributed by atoms with Crippen molar-refractivity contribution in [1.29, 1.82) is 0 Å². The van der Waals surface area contributed by atoms with E-state index in [-0.39, 0.29) is 12.6 Å². The number of methoxy groups -OCH3 is 1. The fourth-order valence-electron chi connectivity index (χ4n) is 3.88. The lowest BCUT2D eigenvalue weighted by Crippen LogP contribution is -2.37. The van der Waals surface area contributed by atoms with E-state index in [9.17, 15) is 19.2 Å². The highest BCUT2D eigenvalue weighted by Crippen LogP contribution is 2.23. The lowest BCUT2D eigenvalue weighted by atomic mass is 10.1. The first kappa shape index (κ1) is 21.4. The minimum atomic E-state index is -0.981. The number of ketones is 1. The predicted molar refractivity (Wildman–Crippen MR) is 109 cm³/mol. The van der Waals surface area contributed by atoms with Crippen LogP contribution in [0.5, 0.6) is 0 Å². The van der Waals surface area contributed by atoms with Gasteiger partial charge in [-0.3, -0.25) is 19.3 Å². The van der Waals surface area contributed by atoms with E-state index in [4.69, 9.17) is 4.74 Å². The summed E-state index contributed by atoms with van der Waals surface area (Å²) >= 11 is 0. The van der Waals surface area contributed by atoms with E-state index in [0.29, 0.717) is 12.2 Å². The first-order valence-electron chi connectivity index (χ1n) is 9.68. The number of hydrogen-bond donors (Lipinski definition) is 0. The van der Waals surface area contributed by atoms with E-state index < -0.39 is 30.2 Å². The summed E-state index contributed by atoms with van der Waals surface area (Å²) in [7, 11) is 1.61. The molecule has 1 atom stereocenters. The van der Waals surface area contributed by atoms with Crippen molar-refractivity contribution in [2.75, 3.05) is 20.3 Å². The van der Waals surface area contributed by atoms with Crippen molar-refractivity contribution in [3.05, 3.63) is 58.9 Å². The molecule has 1 aromatic carbocycles. The summed E-state index contributed by atoms with van der Waals surface area (Å²) in [5, 5.41) is 0. The Kier molecular flexibility index (Phi) is 6.17. The van der Waals surface area contributed by atoms with Gasteiger partial charge in [0, 0.05) is 24.1 Å². The van der Waals surface area contributed by atoms with Crippen LogP contribution in [0.3, 0.4) is 0 Å². The molecule has 30 heavy (non-hydrogen) atoms. The van der Waals surface area contributed by atoms with E-state index >= 15 is 0 Å². The zero-order valence-electron chi connectivity index (χ0n) is 17.5. The Morgan fingerprint density at radius 1 is 1.03 bits per heavy atom. The van der Waals surface area contributed by atoms with Gasteiger partial charge in [0.2, 0.25) is 0 Å². The molecule has 3 rings (SSSR count). The number of imide groups is 2. The minimum absolute atomic E-state index is 0.0159. The average molecular weight is 411 g/mol. The summed E-state index contributed by atoms with van der Waals surface area (Å²) in [6.07, 6.45) is 0. The molecule has 1 aliphatic heterocycles. The van der Waals surface area contributed by atoms with Crippen molar-refractivity contribution < 1.29 is 23.9 Å². The van der Waals surface area contributed by atoms with Gasteiger partial charge in [-0.1, -0.05) is 30.3 Å². The van der Waals surface area contributed by atoms with Gasteiger partial charge >= 0.3 is 17.8 Å². The maximum atomic E-state index is 12.9. The molecule has 1 aromatic heterocycles. The third-order valence-corrected chi connectivity index (χ3v) is 5.25. The number of aromatic nitrogens is 1. The molecule has 0 radical (unpaired) electrons. The molecule has 1 aliphatic rings. The van der Waals surface area contributed by atoms with Gasteiger partial charge in [0.25, 0.3) is 0 Å². The summed E-state index contributed by atoms with van der Waals surface area (Å²) in [6, 6.07) is 9.88. The number of aryl methyl sites for hydroxylation is 1. The summed E-state index contributed by atoms with van der Waals surface area (Å²) in [5.41, 5.74) is 2.75. The standard InChI is InChI=1S/C22H25N3O5/c1-14-10-18(16(3)25(14)15(2)13-30-4)19(26)12-24-21(28)20(27)23(22(24)29)11-17-8-6-5-7-9-17/h5-10,15H,11-13H2,1-4H3/t15-/m0/s1. The molecule has 0 unspecified atom stereocenters. The molecule has 0 aliphatic carbocycles. The quantitative estimate of drug-likeness (QED) is 0.378. The molecule has 0 bridgehead atoms. The zero-order valence-corrected chi connectivity index (χ0v) is 17.5. The van der Waals surface area contributed by atoms with Crippen LogP contribution >= 0.6 is 0 Å². The number of Topliss-reactive ketones (excluding diaryl/α,β-unsaturated/α-hetero) is 1. The highest BCUT2D eigenvalue weighted by Gasteiger charge is 2.45. The maximum Gasteiger partial charge on any atom is 0.334 e. The van der Waals surface area contributed by atoms with Gasteiger partial charge in [0.1, 0.15) is 0 Å². The van der Waals surface area contributed by atoms with Crippen molar-refractivity contribution in [2.24, 2.45) is 0 Å². The molecule has 2 aromatic rings. The summed E-state index contributed by atoms with van der Waals surface area (Å²) in [5.74, 6) is -2.29. The van der Waals surface area contributed by atoms with Gasteiger partial charge in [-0.05, 0) is 32.4 Å². The fraction of sp³-hybridized carbons (Fsp3) is 0.364. The lowest BCUT2D eigenvalue weighted by molar-refractivity contribution is -0.143. The second-order valence-electron chi connectivity index (χ2n) is 7.43. The van der Waals surface area contributed by atoms with E-state index in [1.165, 1.54) is 0 Å². The van der Waals surface area contributed by atoms with Crippen LogP contribution in [-0.4, -0.2) is 58.3 Å². The Labute approximate surface area is 175 Å². The third-order valence-electron chi connectivity index (χ3n) is 5.25. The Hall–Kier alpha value is -3.26. The van der Waals surface area contributed by atoms with Crippen LogP contribution in [0.2, 0.25) is 0 Å². The van der Waals surface area contributed by atoms with Crippen LogP contribution in [0, 0.1) is 13.8 Å². The number of carbonyl (C=O) groups is 4. The molecule has 1 fully saturated rings. The predicted octanol–water partition coefficient (Wildman–Crippen LogP) is 2.49. The van der Waals surface area contributed by atoms with Crippen LogP contribution in [0.15, 0.2) is 36.4 Å². The van der Waals surface area contributed by atoms with Crippen LogP contribution in [0.25, 0.3) is 0 Å². The average Bonchev–Trinajstić information content (AvgIpc) is 3.12. The number of rotatable bonds is 8. The molecule has 0 spiro atoms. The van der Waals surface area contributed by atoms with Crippen LogP contribution in [0.1, 0.15) is 40.3 Å². The van der Waals surface area contributed by atoms with Crippen molar-refractivity contribution >= 4 is 23.6 Å². The van der Waals surface area contributed by atoms with Crippen LogP contribution < -0.4 is 0 Å². The fourth-order valence-corrected chi connectivity index (χ4v) is 3.88.